The Balaban J connectivity index is 1.09. The maximum Gasteiger partial charge on any atom is 0.345 e. The van der Waals surface area contributed by atoms with Gasteiger partial charge in [0.05, 0.1) is 29.0 Å². The summed E-state index contributed by atoms with van der Waals surface area (Å²) in [6.45, 7) is -3.71. The average molecular weight is 612 g/mol. The molecular formula is C29H24F3N5O5S. The number of aromatic amines is 1. The van der Waals surface area contributed by atoms with E-state index in [4.69, 9.17) is 4.74 Å². The fourth-order valence-electron chi connectivity index (χ4n) is 5.06. The summed E-state index contributed by atoms with van der Waals surface area (Å²) in [5.74, 6) is -1.99. The number of halogens is 3. The average Bonchev–Trinajstić information content (AvgIpc) is 3.61. The number of carbonyl (C=O) groups is 3. The van der Waals surface area contributed by atoms with E-state index in [0.717, 1.165) is 15.8 Å². The van der Waals surface area contributed by atoms with Crippen LogP contribution in [0.1, 0.15) is 22.5 Å². The van der Waals surface area contributed by atoms with Gasteiger partial charge in [0.1, 0.15) is 11.8 Å². The zero-order valence-corrected chi connectivity index (χ0v) is 23.1. The Bertz CT molecular complexity index is 1680. The van der Waals surface area contributed by atoms with Gasteiger partial charge in [-0.25, -0.2) is 4.39 Å². The van der Waals surface area contributed by atoms with Crippen molar-refractivity contribution in [3.8, 4) is 11.5 Å². The maximum atomic E-state index is 14.2. The minimum atomic E-state index is -3.08. The number of ether oxygens (including phenoxy) is 2. The summed E-state index contributed by atoms with van der Waals surface area (Å²) in [4.78, 5) is 48.7. The van der Waals surface area contributed by atoms with E-state index in [9.17, 15) is 27.6 Å². The van der Waals surface area contributed by atoms with Gasteiger partial charge < -0.3 is 30.0 Å². The van der Waals surface area contributed by atoms with Gasteiger partial charge in [0.15, 0.2) is 11.6 Å². The third kappa shape index (κ3) is 6.15. The monoisotopic (exact) mass is 611 g/mol. The van der Waals surface area contributed by atoms with E-state index in [1.54, 1.807) is 36.7 Å². The van der Waals surface area contributed by atoms with E-state index in [1.807, 2.05) is 6.07 Å². The first-order valence-corrected chi connectivity index (χ1v) is 14.1. The van der Waals surface area contributed by atoms with Crippen LogP contribution in [0.4, 0.5) is 13.2 Å². The molecule has 4 aromatic rings. The Kier molecular flexibility index (Phi) is 7.95. The molecule has 3 amide bonds. The third-order valence-corrected chi connectivity index (χ3v) is 8.18. The van der Waals surface area contributed by atoms with Gasteiger partial charge in [0, 0.05) is 47.5 Å². The lowest BCUT2D eigenvalue weighted by atomic mass is 10.1. The number of nitrogens with one attached hydrogen (secondary N) is 3. The van der Waals surface area contributed by atoms with Crippen LogP contribution < -0.4 is 15.4 Å². The fraction of sp³-hybridized carbons (Fsp3) is 0.241. The van der Waals surface area contributed by atoms with Gasteiger partial charge in [-0.05, 0) is 42.5 Å². The van der Waals surface area contributed by atoms with Gasteiger partial charge in [-0.15, -0.1) is 0 Å². The van der Waals surface area contributed by atoms with Crippen LogP contribution in [-0.4, -0.2) is 64.4 Å². The van der Waals surface area contributed by atoms with E-state index in [2.05, 4.69) is 25.3 Å². The van der Waals surface area contributed by atoms with Crippen LogP contribution in [-0.2, 0) is 20.9 Å². The molecule has 1 fully saturated rings. The quantitative estimate of drug-likeness (QED) is 0.240. The summed E-state index contributed by atoms with van der Waals surface area (Å²) in [5, 5.41) is 6.09. The first-order chi connectivity index (χ1) is 20.7. The van der Waals surface area contributed by atoms with Crippen LogP contribution >= 0.6 is 11.8 Å². The number of rotatable bonds is 8. The molecule has 222 valence electrons. The molecule has 0 saturated carbocycles. The number of likely N-dealkylation sites (tertiary alicyclic amines) is 1. The molecule has 43 heavy (non-hydrogen) atoms. The van der Waals surface area contributed by atoms with Crippen molar-refractivity contribution in [2.45, 2.75) is 41.5 Å². The first kappa shape index (κ1) is 28.6. The molecule has 2 atom stereocenters. The fourth-order valence-corrected chi connectivity index (χ4v) is 6.02. The summed E-state index contributed by atoms with van der Waals surface area (Å²) in [5.41, 5.74) is 1.69. The molecule has 0 bridgehead atoms. The van der Waals surface area contributed by atoms with Crippen LogP contribution in [0, 0.1) is 5.82 Å². The lowest BCUT2D eigenvalue weighted by Gasteiger charge is -2.24. The lowest BCUT2D eigenvalue weighted by molar-refractivity contribution is -0.160. The Labute approximate surface area is 246 Å². The Hall–Kier alpha value is -4.56. The minimum absolute atomic E-state index is 0.0632. The molecule has 10 nitrogen and oxygen atoms in total. The van der Waals surface area contributed by atoms with E-state index >= 15 is 0 Å². The topological polar surface area (TPSA) is 126 Å². The molecule has 2 aliphatic rings. The minimum Gasteiger partial charge on any atom is -0.452 e. The molecule has 2 aliphatic heterocycles. The van der Waals surface area contributed by atoms with Gasteiger partial charge >= 0.3 is 6.61 Å². The van der Waals surface area contributed by atoms with Crippen LogP contribution in [0.15, 0.2) is 70.7 Å². The van der Waals surface area contributed by atoms with Crippen LogP contribution in [0.3, 0.4) is 0 Å². The number of H-pyrrole nitrogens is 1. The standard InChI is InChI=1S/C29H24F3N5O5S/c30-19-2-1-3-24-26(19)42-22-9-15(4-5-23(22)43-24)27(39)35-13-25(38)37-14-18(41-29(31)32)10-21(37)28(40)34-12-17-8-16-11-33-7-6-20(16)36-17/h1-9,11,18,21,29,36H,10,12-14H2,(H,34,40)(H,35,39)/t18-,21+/m1/s1. The van der Waals surface area contributed by atoms with Gasteiger partial charge in [0.2, 0.25) is 11.8 Å². The number of carbonyl (C=O) groups excluding carboxylic acids is 3. The largest absolute Gasteiger partial charge is 0.452 e. The summed E-state index contributed by atoms with van der Waals surface area (Å²) in [6, 6.07) is 11.7. The summed E-state index contributed by atoms with van der Waals surface area (Å²) in [6.07, 6.45) is 2.10. The van der Waals surface area contributed by atoms with Gasteiger partial charge in [-0.3, -0.25) is 19.4 Å². The number of alkyl halides is 2. The van der Waals surface area contributed by atoms with E-state index < -0.39 is 48.8 Å². The molecule has 4 heterocycles. The number of hydrogen-bond acceptors (Lipinski definition) is 7. The van der Waals surface area contributed by atoms with E-state index in [0.29, 0.717) is 15.5 Å². The van der Waals surface area contributed by atoms with Crippen molar-refractivity contribution in [3.05, 3.63) is 78.0 Å². The second-order valence-corrected chi connectivity index (χ2v) is 11.0. The summed E-state index contributed by atoms with van der Waals surface area (Å²) >= 11 is 1.30. The molecule has 0 radical (unpaired) electrons. The molecule has 6 rings (SSSR count). The molecule has 1 saturated heterocycles. The number of para-hydroxylation sites is 1. The predicted molar refractivity (Wildman–Crippen MR) is 148 cm³/mol. The van der Waals surface area contributed by atoms with Crippen LogP contribution in [0.5, 0.6) is 11.5 Å². The molecule has 0 spiro atoms. The van der Waals surface area contributed by atoms with E-state index in [-0.39, 0.29) is 36.6 Å². The summed E-state index contributed by atoms with van der Waals surface area (Å²) < 4.78 is 50.4. The number of hydrogen-bond donors (Lipinski definition) is 3. The highest BCUT2D eigenvalue weighted by Crippen LogP contribution is 2.48. The van der Waals surface area contributed by atoms with Crippen LogP contribution in [0.25, 0.3) is 10.9 Å². The normalized spacial score (nSPS) is 17.3. The second-order valence-electron chi connectivity index (χ2n) is 9.91. The Morgan fingerprint density at radius 1 is 1.14 bits per heavy atom. The van der Waals surface area contributed by atoms with Crippen molar-refractivity contribution in [2.24, 2.45) is 0 Å². The molecule has 2 aromatic heterocycles. The molecule has 0 unspecified atom stereocenters. The summed E-state index contributed by atoms with van der Waals surface area (Å²) in [7, 11) is 0. The van der Waals surface area contributed by atoms with Crippen molar-refractivity contribution < 1.29 is 37.0 Å². The number of aromatic nitrogens is 2. The zero-order chi connectivity index (χ0) is 30.1. The van der Waals surface area contributed by atoms with Crippen molar-refractivity contribution in [1.82, 2.24) is 25.5 Å². The number of pyridine rings is 1. The predicted octanol–water partition coefficient (Wildman–Crippen LogP) is 4.21. The third-order valence-electron chi connectivity index (χ3n) is 7.08. The van der Waals surface area contributed by atoms with Crippen molar-refractivity contribution in [1.29, 1.82) is 0 Å². The first-order valence-electron chi connectivity index (χ1n) is 13.2. The Morgan fingerprint density at radius 2 is 2.00 bits per heavy atom. The number of amides is 3. The zero-order valence-electron chi connectivity index (χ0n) is 22.3. The highest BCUT2D eigenvalue weighted by atomic mass is 32.2. The Morgan fingerprint density at radius 3 is 2.81 bits per heavy atom. The van der Waals surface area contributed by atoms with Gasteiger partial charge in [-0.2, -0.15) is 8.78 Å². The number of fused-ring (bicyclic) bond motifs is 3. The van der Waals surface area contributed by atoms with Crippen molar-refractivity contribution >= 4 is 40.4 Å². The number of nitrogens with zero attached hydrogens (tertiary/aromatic N) is 2. The molecule has 2 aromatic carbocycles. The lowest BCUT2D eigenvalue weighted by Crippen LogP contribution is -2.49. The molecule has 14 heteroatoms. The van der Waals surface area contributed by atoms with Crippen molar-refractivity contribution in [3.63, 3.8) is 0 Å². The van der Waals surface area contributed by atoms with Gasteiger partial charge in [-0.1, -0.05) is 17.8 Å². The highest BCUT2D eigenvalue weighted by molar-refractivity contribution is 7.99. The van der Waals surface area contributed by atoms with Crippen LogP contribution in [0.2, 0.25) is 0 Å². The smallest absolute Gasteiger partial charge is 0.345 e. The molecule has 3 N–H and O–H groups in total. The van der Waals surface area contributed by atoms with Crippen molar-refractivity contribution in [2.75, 3.05) is 13.1 Å². The highest BCUT2D eigenvalue weighted by Gasteiger charge is 2.41. The SMILES string of the molecule is O=C(NCC(=O)N1C[C@H](OC(F)F)C[C@H]1C(=O)NCc1cc2cnccc2[nH]1)c1ccc2c(c1)Oc1c(F)cccc1S2. The second kappa shape index (κ2) is 12.0. The van der Waals surface area contributed by atoms with Gasteiger partial charge in [0.25, 0.3) is 5.91 Å². The van der Waals surface area contributed by atoms with E-state index in [1.165, 1.54) is 30.0 Å². The molecular weight excluding hydrogens is 587 g/mol. The maximum absolute atomic E-state index is 14.2. The molecule has 0 aliphatic carbocycles. The number of benzene rings is 2.